The third kappa shape index (κ3) is 4.24. The molecule has 0 aliphatic heterocycles. The maximum atomic E-state index is 11.6. The molecule has 19 heavy (non-hydrogen) atoms. The second-order valence-corrected chi connectivity index (χ2v) is 6.57. The minimum atomic E-state index is -0.658. The van der Waals surface area contributed by atoms with Gasteiger partial charge < -0.3 is 11.1 Å². The normalized spacial score (nSPS) is 16.1. The topological polar surface area (TPSA) is 72.9 Å². The standard InChI is InChI=1S/C13H24N4OS/c1-6-15-13(4,12(14)18)8-10(3)19-11-7-9(2)16-17(11)5/h7,10,15H,6,8H2,1-5H3,(H2,14,18). The molecule has 1 heterocycles. The Bertz CT molecular complexity index is 446. The molecule has 0 saturated heterocycles. The number of amides is 1. The maximum absolute atomic E-state index is 11.6. The molecule has 0 bridgehead atoms. The zero-order valence-electron chi connectivity index (χ0n) is 12.4. The van der Waals surface area contributed by atoms with Crippen LogP contribution >= 0.6 is 11.8 Å². The maximum Gasteiger partial charge on any atom is 0.237 e. The van der Waals surface area contributed by atoms with Gasteiger partial charge in [-0.25, -0.2) is 0 Å². The van der Waals surface area contributed by atoms with Crippen molar-refractivity contribution in [3.05, 3.63) is 11.8 Å². The SMILES string of the molecule is CCNC(C)(CC(C)Sc1cc(C)nn1C)C(N)=O. The molecule has 1 aromatic heterocycles. The van der Waals surface area contributed by atoms with Gasteiger partial charge >= 0.3 is 0 Å². The minimum absolute atomic E-state index is 0.270. The Morgan fingerprint density at radius 3 is 2.74 bits per heavy atom. The van der Waals surface area contributed by atoms with Crippen molar-refractivity contribution in [2.24, 2.45) is 12.8 Å². The molecule has 2 unspecified atom stereocenters. The van der Waals surface area contributed by atoms with E-state index in [1.165, 1.54) is 0 Å². The molecule has 1 aromatic rings. The van der Waals surface area contributed by atoms with Crippen LogP contribution in [0.5, 0.6) is 0 Å². The molecule has 0 aliphatic rings. The van der Waals surface area contributed by atoms with Crippen molar-refractivity contribution in [3.8, 4) is 0 Å². The van der Waals surface area contributed by atoms with Gasteiger partial charge in [0.05, 0.1) is 16.3 Å². The highest BCUT2D eigenvalue weighted by Gasteiger charge is 2.32. The van der Waals surface area contributed by atoms with Crippen LogP contribution in [0.3, 0.4) is 0 Å². The molecule has 1 amide bonds. The monoisotopic (exact) mass is 284 g/mol. The Morgan fingerprint density at radius 1 is 1.68 bits per heavy atom. The van der Waals surface area contributed by atoms with Gasteiger partial charge in [-0.15, -0.1) is 11.8 Å². The average Bonchev–Trinajstić information content (AvgIpc) is 2.57. The van der Waals surface area contributed by atoms with Crippen LogP contribution in [0.25, 0.3) is 0 Å². The van der Waals surface area contributed by atoms with E-state index in [0.717, 1.165) is 17.3 Å². The summed E-state index contributed by atoms with van der Waals surface area (Å²) in [5, 5.41) is 8.88. The molecule has 0 fully saturated rings. The zero-order chi connectivity index (χ0) is 14.6. The summed E-state index contributed by atoms with van der Waals surface area (Å²) >= 11 is 1.71. The van der Waals surface area contributed by atoms with Gasteiger partial charge in [0.1, 0.15) is 0 Å². The summed E-state index contributed by atoms with van der Waals surface area (Å²) in [6.07, 6.45) is 0.686. The predicted molar refractivity (Wildman–Crippen MR) is 79.2 cm³/mol. The van der Waals surface area contributed by atoms with E-state index in [-0.39, 0.29) is 11.2 Å². The van der Waals surface area contributed by atoms with E-state index in [9.17, 15) is 4.79 Å². The lowest BCUT2D eigenvalue weighted by Crippen LogP contribution is -2.54. The van der Waals surface area contributed by atoms with Gasteiger partial charge in [-0.3, -0.25) is 9.48 Å². The molecular weight excluding hydrogens is 260 g/mol. The lowest BCUT2D eigenvalue weighted by molar-refractivity contribution is -0.124. The number of primary amides is 1. The fourth-order valence-corrected chi connectivity index (χ4v) is 3.43. The van der Waals surface area contributed by atoms with E-state index in [2.05, 4.69) is 23.4 Å². The number of likely N-dealkylation sites (N-methyl/N-ethyl adjacent to an activating group) is 1. The highest BCUT2D eigenvalue weighted by atomic mass is 32.2. The van der Waals surface area contributed by atoms with Crippen molar-refractivity contribution in [3.63, 3.8) is 0 Å². The Balaban J connectivity index is 2.70. The summed E-state index contributed by atoms with van der Waals surface area (Å²) in [6, 6.07) is 2.05. The van der Waals surface area contributed by atoms with Crippen molar-refractivity contribution >= 4 is 17.7 Å². The number of aromatic nitrogens is 2. The van der Waals surface area contributed by atoms with Gasteiger partial charge in [0.2, 0.25) is 5.91 Å². The van der Waals surface area contributed by atoms with E-state index in [1.54, 1.807) is 11.8 Å². The molecule has 3 N–H and O–H groups in total. The van der Waals surface area contributed by atoms with Crippen LogP contribution in [0, 0.1) is 6.92 Å². The van der Waals surface area contributed by atoms with Gasteiger partial charge in [-0.1, -0.05) is 13.8 Å². The third-order valence-corrected chi connectivity index (χ3v) is 4.28. The first kappa shape index (κ1) is 16.0. The van der Waals surface area contributed by atoms with Crippen molar-refractivity contribution < 1.29 is 4.79 Å². The van der Waals surface area contributed by atoms with Crippen LogP contribution in [0.15, 0.2) is 11.1 Å². The quantitative estimate of drug-likeness (QED) is 0.743. The van der Waals surface area contributed by atoms with Gasteiger partial charge in [0.25, 0.3) is 0 Å². The predicted octanol–water partition coefficient (Wildman–Crippen LogP) is 1.45. The van der Waals surface area contributed by atoms with Crippen molar-refractivity contribution in [1.29, 1.82) is 0 Å². The molecule has 0 spiro atoms. The van der Waals surface area contributed by atoms with Crippen molar-refractivity contribution in [2.45, 2.75) is 49.9 Å². The summed E-state index contributed by atoms with van der Waals surface area (Å²) in [7, 11) is 1.93. The number of hydrogen-bond donors (Lipinski definition) is 2. The number of carbonyl (C=O) groups is 1. The van der Waals surface area contributed by atoms with Crippen LogP contribution < -0.4 is 11.1 Å². The van der Waals surface area contributed by atoms with Gasteiger partial charge in [-0.05, 0) is 32.9 Å². The van der Waals surface area contributed by atoms with Crippen molar-refractivity contribution in [2.75, 3.05) is 6.54 Å². The molecule has 2 atom stereocenters. The number of carbonyl (C=O) groups excluding carboxylic acids is 1. The number of nitrogens with two attached hydrogens (primary N) is 1. The molecule has 5 nitrogen and oxygen atoms in total. The molecule has 0 saturated carbocycles. The van der Waals surface area contributed by atoms with Crippen molar-refractivity contribution in [1.82, 2.24) is 15.1 Å². The summed E-state index contributed by atoms with van der Waals surface area (Å²) in [4.78, 5) is 11.6. The lowest BCUT2D eigenvalue weighted by atomic mass is 9.95. The van der Waals surface area contributed by atoms with Gasteiger partial charge in [0, 0.05) is 12.3 Å². The molecule has 108 valence electrons. The molecule has 0 aliphatic carbocycles. The Hall–Kier alpha value is -1.01. The second kappa shape index (κ2) is 6.43. The number of thioether (sulfide) groups is 1. The van der Waals surface area contributed by atoms with Crippen LogP contribution in [-0.2, 0) is 11.8 Å². The van der Waals surface area contributed by atoms with E-state index in [0.29, 0.717) is 6.42 Å². The molecule has 0 aromatic carbocycles. The number of nitrogens with zero attached hydrogens (tertiary/aromatic N) is 2. The van der Waals surface area contributed by atoms with E-state index < -0.39 is 5.54 Å². The summed E-state index contributed by atoms with van der Waals surface area (Å²) in [5.74, 6) is -0.303. The van der Waals surface area contributed by atoms with Crippen LogP contribution in [-0.4, -0.2) is 33.0 Å². The largest absolute Gasteiger partial charge is 0.368 e. The fourth-order valence-electron chi connectivity index (χ4n) is 2.17. The molecule has 0 radical (unpaired) electrons. The fraction of sp³-hybridized carbons (Fsp3) is 0.692. The first-order valence-corrected chi connectivity index (χ1v) is 7.38. The molecule has 6 heteroatoms. The van der Waals surface area contributed by atoms with Crippen LogP contribution in [0.1, 0.15) is 32.9 Å². The smallest absolute Gasteiger partial charge is 0.237 e. The van der Waals surface area contributed by atoms with E-state index in [4.69, 9.17) is 5.73 Å². The first-order chi connectivity index (χ1) is 8.78. The Labute approximate surface area is 119 Å². The van der Waals surface area contributed by atoms with Crippen LogP contribution in [0.2, 0.25) is 0 Å². The number of nitrogens with one attached hydrogen (secondary N) is 1. The first-order valence-electron chi connectivity index (χ1n) is 6.50. The van der Waals surface area contributed by atoms with E-state index >= 15 is 0 Å². The second-order valence-electron chi connectivity index (χ2n) is 5.11. The highest BCUT2D eigenvalue weighted by molar-refractivity contribution is 7.99. The Morgan fingerprint density at radius 2 is 2.32 bits per heavy atom. The lowest BCUT2D eigenvalue weighted by Gasteiger charge is -2.29. The van der Waals surface area contributed by atoms with E-state index in [1.807, 2.05) is 32.5 Å². The van der Waals surface area contributed by atoms with Gasteiger partial charge in [0.15, 0.2) is 0 Å². The summed E-state index contributed by atoms with van der Waals surface area (Å²) < 4.78 is 1.87. The van der Waals surface area contributed by atoms with Gasteiger partial charge in [-0.2, -0.15) is 5.10 Å². The summed E-state index contributed by atoms with van der Waals surface area (Å²) in [6.45, 7) is 8.64. The third-order valence-electron chi connectivity index (χ3n) is 3.09. The number of hydrogen-bond acceptors (Lipinski definition) is 4. The Kier molecular flexibility index (Phi) is 5.43. The summed E-state index contributed by atoms with van der Waals surface area (Å²) in [5.41, 5.74) is 5.85. The number of aryl methyl sites for hydroxylation is 2. The molecular formula is C13H24N4OS. The number of rotatable bonds is 7. The minimum Gasteiger partial charge on any atom is -0.368 e. The average molecular weight is 284 g/mol. The molecule has 1 rings (SSSR count). The highest BCUT2D eigenvalue weighted by Crippen LogP contribution is 2.28. The van der Waals surface area contributed by atoms with Crippen LogP contribution in [0.4, 0.5) is 0 Å². The zero-order valence-corrected chi connectivity index (χ0v) is 13.2.